The molecule has 1 N–H and O–H groups in total. The van der Waals surface area contributed by atoms with E-state index in [0.717, 1.165) is 31.7 Å². The van der Waals surface area contributed by atoms with Crippen molar-refractivity contribution in [2.75, 3.05) is 13.7 Å². The summed E-state index contributed by atoms with van der Waals surface area (Å²) in [6.07, 6.45) is 3.16. The normalized spacial score (nSPS) is 21.2. The maximum atomic E-state index is 11.4. The lowest BCUT2D eigenvalue weighted by atomic mass is 9.87. The first-order valence-corrected chi connectivity index (χ1v) is 7.20. The smallest absolute Gasteiger partial charge is 0.338 e. The van der Waals surface area contributed by atoms with Crippen LogP contribution in [0, 0.1) is 16.0 Å². The average molecular weight is 309 g/mol. The Labute approximate surface area is 128 Å². The van der Waals surface area contributed by atoms with Crippen LogP contribution in [0.5, 0.6) is 5.75 Å². The third-order valence-electron chi connectivity index (χ3n) is 3.90. The van der Waals surface area contributed by atoms with E-state index in [0.29, 0.717) is 0 Å². The lowest BCUT2D eigenvalue weighted by Gasteiger charge is -2.27. The molecule has 1 aromatic rings. The summed E-state index contributed by atoms with van der Waals surface area (Å²) in [6.45, 7) is 0.222. The van der Waals surface area contributed by atoms with Gasteiger partial charge in [-0.25, -0.2) is 4.79 Å². The van der Waals surface area contributed by atoms with Crippen LogP contribution >= 0.6 is 0 Å². The van der Waals surface area contributed by atoms with Gasteiger partial charge in [0, 0.05) is 12.0 Å². The molecule has 7 nitrogen and oxygen atoms in total. The minimum Gasteiger partial charge on any atom is -0.486 e. The van der Waals surface area contributed by atoms with E-state index in [9.17, 15) is 20.0 Å². The second kappa shape index (κ2) is 7.22. The molecule has 22 heavy (non-hydrogen) atoms. The van der Waals surface area contributed by atoms with Crippen LogP contribution in [-0.2, 0) is 4.74 Å². The van der Waals surface area contributed by atoms with Crippen molar-refractivity contribution < 1.29 is 24.3 Å². The van der Waals surface area contributed by atoms with Crippen LogP contribution in [0.1, 0.15) is 36.0 Å². The molecule has 120 valence electrons. The average Bonchev–Trinajstić information content (AvgIpc) is 2.53. The molecule has 2 rings (SSSR count). The molecule has 0 saturated heterocycles. The first-order valence-electron chi connectivity index (χ1n) is 7.20. The minimum atomic E-state index is -0.641. The van der Waals surface area contributed by atoms with Crippen molar-refractivity contribution in [3.63, 3.8) is 0 Å². The summed E-state index contributed by atoms with van der Waals surface area (Å²) in [5, 5.41) is 21.0. The van der Waals surface area contributed by atoms with Gasteiger partial charge in [0.15, 0.2) is 5.75 Å². The summed E-state index contributed by atoms with van der Waals surface area (Å²) in [4.78, 5) is 22.0. The topological polar surface area (TPSA) is 98.9 Å². The molecule has 1 aromatic carbocycles. The van der Waals surface area contributed by atoms with E-state index < -0.39 is 17.0 Å². The van der Waals surface area contributed by atoms with Gasteiger partial charge in [0.1, 0.15) is 0 Å². The molecule has 0 spiro atoms. The second-order valence-electron chi connectivity index (χ2n) is 5.35. The standard InChI is InChI=1S/C15H19NO6/c1-21-15(18)10-6-7-14(12(8-10)16(19)20)22-9-11-4-2-3-5-13(11)17/h6-8,11,13,17H,2-5,9H2,1H3/t11-,13+/m0/s1. The van der Waals surface area contributed by atoms with E-state index in [1.165, 1.54) is 19.2 Å². The van der Waals surface area contributed by atoms with Crippen LogP contribution in [-0.4, -0.2) is 35.8 Å². The highest BCUT2D eigenvalue weighted by Crippen LogP contribution is 2.31. The van der Waals surface area contributed by atoms with E-state index in [4.69, 9.17) is 4.74 Å². The zero-order valence-corrected chi connectivity index (χ0v) is 12.4. The molecule has 1 aliphatic rings. The van der Waals surface area contributed by atoms with E-state index >= 15 is 0 Å². The van der Waals surface area contributed by atoms with Gasteiger partial charge < -0.3 is 14.6 Å². The van der Waals surface area contributed by atoms with Crippen LogP contribution < -0.4 is 4.74 Å². The van der Waals surface area contributed by atoms with Crippen molar-refractivity contribution in [2.45, 2.75) is 31.8 Å². The number of nitro groups is 1. The number of nitrogens with zero attached hydrogens (tertiary/aromatic N) is 1. The fourth-order valence-corrected chi connectivity index (χ4v) is 2.61. The molecular formula is C15H19NO6. The Hall–Kier alpha value is -2.15. The van der Waals surface area contributed by atoms with Gasteiger partial charge >= 0.3 is 11.7 Å². The molecule has 0 amide bonds. The third kappa shape index (κ3) is 3.73. The SMILES string of the molecule is COC(=O)c1ccc(OC[C@@H]2CCCC[C@H]2O)c([N+](=O)[O-])c1. The molecule has 0 radical (unpaired) electrons. The number of esters is 1. The molecular weight excluding hydrogens is 290 g/mol. The number of hydrogen-bond acceptors (Lipinski definition) is 6. The fourth-order valence-electron chi connectivity index (χ4n) is 2.61. The quantitative estimate of drug-likeness (QED) is 0.509. The first-order chi connectivity index (χ1) is 10.5. The van der Waals surface area contributed by atoms with Gasteiger partial charge in [-0.05, 0) is 25.0 Å². The zero-order chi connectivity index (χ0) is 16.1. The number of nitro benzene ring substituents is 1. The Morgan fingerprint density at radius 3 is 2.77 bits per heavy atom. The predicted molar refractivity (Wildman–Crippen MR) is 77.9 cm³/mol. The number of carbonyl (C=O) groups excluding carboxylic acids is 1. The van der Waals surface area contributed by atoms with Gasteiger partial charge in [-0.15, -0.1) is 0 Å². The Balaban J connectivity index is 2.12. The largest absolute Gasteiger partial charge is 0.486 e. The highest BCUT2D eigenvalue weighted by Gasteiger charge is 2.25. The fraction of sp³-hybridized carbons (Fsp3) is 0.533. The maximum absolute atomic E-state index is 11.4. The number of benzene rings is 1. The van der Waals surface area contributed by atoms with E-state index in [-0.39, 0.29) is 29.5 Å². The molecule has 7 heteroatoms. The summed E-state index contributed by atoms with van der Waals surface area (Å²) in [5.74, 6) is -0.568. The molecule has 0 unspecified atom stereocenters. The summed E-state index contributed by atoms with van der Waals surface area (Å²) >= 11 is 0. The van der Waals surface area contributed by atoms with Crippen molar-refractivity contribution in [3.05, 3.63) is 33.9 Å². The van der Waals surface area contributed by atoms with E-state index in [2.05, 4.69) is 4.74 Å². The van der Waals surface area contributed by atoms with Crippen LogP contribution in [0.2, 0.25) is 0 Å². The van der Waals surface area contributed by atoms with Crippen LogP contribution in [0.15, 0.2) is 18.2 Å². The lowest BCUT2D eigenvalue weighted by Crippen LogP contribution is -2.29. The molecule has 1 fully saturated rings. The monoisotopic (exact) mass is 309 g/mol. The van der Waals surface area contributed by atoms with Crippen LogP contribution in [0.4, 0.5) is 5.69 Å². The lowest BCUT2D eigenvalue weighted by molar-refractivity contribution is -0.386. The number of aliphatic hydroxyl groups is 1. The van der Waals surface area contributed by atoms with Crippen LogP contribution in [0.25, 0.3) is 0 Å². The predicted octanol–water partition coefficient (Wildman–Crippen LogP) is 2.31. The Morgan fingerprint density at radius 1 is 1.41 bits per heavy atom. The molecule has 1 saturated carbocycles. The van der Waals surface area contributed by atoms with Crippen molar-refractivity contribution in [2.24, 2.45) is 5.92 Å². The van der Waals surface area contributed by atoms with Gasteiger partial charge in [-0.2, -0.15) is 0 Å². The number of rotatable bonds is 5. The number of carbonyl (C=O) groups is 1. The Bertz CT molecular complexity index is 559. The molecule has 0 aromatic heterocycles. The highest BCUT2D eigenvalue weighted by molar-refractivity contribution is 5.90. The Kier molecular flexibility index (Phi) is 5.32. The number of hydrogen-bond donors (Lipinski definition) is 1. The summed E-state index contributed by atoms with van der Waals surface area (Å²) in [5.41, 5.74) is -0.188. The van der Waals surface area contributed by atoms with E-state index in [1.54, 1.807) is 0 Å². The number of aliphatic hydroxyl groups excluding tert-OH is 1. The molecule has 0 aliphatic heterocycles. The summed E-state index contributed by atoms with van der Waals surface area (Å²) < 4.78 is 10.1. The minimum absolute atomic E-state index is 0.0198. The van der Waals surface area contributed by atoms with Gasteiger partial charge in [-0.3, -0.25) is 10.1 Å². The van der Waals surface area contributed by atoms with Crippen molar-refractivity contribution in [3.8, 4) is 5.75 Å². The number of methoxy groups -OCH3 is 1. The summed E-state index contributed by atoms with van der Waals surface area (Å²) in [6, 6.07) is 3.95. The molecule has 0 heterocycles. The Morgan fingerprint density at radius 2 is 2.14 bits per heavy atom. The van der Waals surface area contributed by atoms with Crippen molar-refractivity contribution in [1.29, 1.82) is 0 Å². The van der Waals surface area contributed by atoms with Gasteiger partial charge in [0.05, 0.1) is 30.3 Å². The van der Waals surface area contributed by atoms with E-state index in [1.807, 2.05) is 0 Å². The van der Waals surface area contributed by atoms with Crippen LogP contribution in [0.3, 0.4) is 0 Å². The van der Waals surface area contributed by atoms with Gasteiger partial charge in [-0.1, -0.05) is 12.8 Å². The van der Waals surface area contributed by atoms with Gasteiger partial charge in [0.2, 0.25) is 0 Å². The first kappa shape index (κ1) is 16.2. The molecule has 2 atom stereocenters. The molecule has 0 bridgehead atoms. The van der Waals surface area contributed by atoms with Crippen molar-refractivity contribution in [1.82, 2.24) is 0 Å². The third-order valence-corrected chi connectivity index (χ3v) is 3.90. The van der Waals surface area contributed by atoms with Gasteiger partial charge in [0.25, 0.3) is 0 Å². The molecule has 1 aliphatic carbocycles. The maximum Gasteiger partial charge on any atom is 0.338 e. The van der Waals surface area contributed by atoms with Crippen molar-refractivity contribution >= 4 is 11.7 Å². The highest BCUT2D eigenvalue weighted by atomic mass is 16.6. The zero-order valence-electron chi connectivity index (χ0n) is 12.4. The summed E-state index contributed by atoms with van der Waals surface area (Å²) in [7, 11) is 1.21. The second-order valence-corrected chi connectivity index (χ2v) is 5.35. The number of ether oxygens (including phenoxy) is 2.